The van der Waals surface area contributed by atoms with E-state index in [1.165, 1.54) is 23.1 Å². The lowest BCUT2D eigenvalue weighted by Gasteiger charge is -2.17. The van der Waals surface area contributed by atoms with E-state index in [2.05, 4.69) is 28.4 Å². The molecule has 0 saturated heterocycles. The maximum Gasteiger partial charge on any atom is 0.416 e. The first-order chi connectivity index (χ1) is 15.0. The number of fused-ring (bicyclic) bond motifs is 1. The fourth-order valence-corrected chi connectivity index (χ4v) is 4.51. The molecule has 1 atom stereocenters. The van der Waals surface area contributed by atoms with Gasteiger partial charge in [-0.05, 0) is 49.1 Å². The van der Waals surface area contributed by atoms with Crippen LogP contribution < -0.4 is 11.1 Å². The van der Waals surface area contributed by atoms with Crippen LogP contribution in [0.5, 0.6) is 0 Å². The molecule has 4 nitrogen and oxygen atoms in total. The van der Waals surface area contributed by atoms with Crippen LogP contribution in [-0.4, -0.2) is 15.2 Å². The first-order valence-electron chi connectivity index (χ1n) is 9.35. The Morgan fingerprint density at radius 2 is 2.03 bits per heavy atom. The molecule has 168 valence electrons. The third-order valence-electron chi connectivity index (χ3n) is 4.49. The smallest absolute Gasteiger partial charge is 0.394 e. The first kappa shape index (κ1) is 23.8. The van der Waals surface area contributed by atoms with Crippen LogP contribution in [0.2, 0.25) is 0 Å². The number of rotatable bonds is 7. The number of hydrogen-bond acceptors (Lipinski definition) is 6. The Morgan fingerprint density at radius 3 is 2.66 bits per heavy atom. The molecular weight excluding hydrogens is 460 g/mol. The standard InChI is InChI=1S/C22H20F4N4S2/c1-5-6-17(27)32-13(4)12(3)28-21-19-18(11(2)10-31-19)29-20(30-21)15-8-7-14(9-16(15)23)22(24,25)26/h5-10,13H,1,3,27H2,2,4H3,(H,28,29,30)/b17-6-. The normalized spacial score (nSPS) is 13.2. The van der Waals surface area contributed by atoms with Gasteiger partial charge in [0, 0.05) is 10.9 Å². The van der Waals surface area contributed by atoms with Gasteiger partial charge in [0.05, 0.1) is 26.4 Å². The van der Waals surface area contributed by atoms with Crippen molar-refractivity contribution < 1.29 is 17.6 Å². The van der Waals surface area contributed by atoms with Gasteiger partial charge in [-0.3, -0.25) is 0 Å². The molecule has 3 rings (SSSR count). The fourth-order valence-electron chi connectivity index (χ4n) is 2.79. The zero-order valence-electron chi connectivity index (χ0n) is 17.3. The summed E-state index contributed by atoms with van der Waals surface area (Å²) in [6, 6.07) is 2.30. The second-order valence-corrected chi connectivity index (χ2v) is 9.19. The zero-order valence-corrected chi connectivity index (χ0v) is 18.9. The number of aryl methyl sites for hydroxylation is 1. The van der Waals surface area contributed by atoms with Crippen LogP contribution in [0.15, 0.2) is 59.6 Å². The molecular formula is C22H20F4N4S2. The molecule has 0 aliphatic heterocycles. The monoisotopic (exact) mass is 480 g/mol. The van der Waals surface area contributed by atoms with Crippen LogP contribution in [0.3, 0.4) is 0 Å². The maximum atomic E-state index is 14.6. The Balaban J connectivity index is 2.01. The van der Waals surface area contributed by atoms with E-state index < -0.39 is 17.6 Å². The molecule has 0 spiro atoms. The number of aromatic nitrogens is 2. The van der Waals surface area contributed by atoms with E-state index in [4.69, 9.17) is 5.73 Å². The number of benzene rings is 1. The molecule has 0 radical (unpaired) electrons. The minimum atomic E-state index is -4.64. The lowest BCUT2D eigenvalue weighted by atomic mass is 10.1. The van der Waals surface area contributed by atoms with E-state index in [-0.39, 0.29) is 16.6 Å². The molecule has 10 heteroatoms. The number of nitrogens with zero attached hydrogens (tertiary/aromatic N) is 2. The lowest BCUT2D eigenvalue weighted by Crippen LogP contribution is -2.13. The minimum absolute atomic E-state index is 0.0214. The molecule has 2 heterocycles. The van der Waals surface area contributed by atoms with Crippen molar-refractivity contribution in [2.75, 3.05) is 5.32 Å². The van der Waals surface area contributed by atoms with Crippen molar-refractivity contribution in [3.8, 4) is 11.4 Å². The van der Waals surface area contributed by atoms with Gasteiger partial charge in [-0.2, -0.15) is 13.2 Å². The molecule has 3 aromatic rings. The highest BCUT2D eigenvalue weighted by molar-refractivity contribution is 8.03. The molecule has 0 saturated carbocycles. The third kappa shape index (κ3) is 5.13. The Kier molecular flexibility index (Phi) is 6.94. The molecule has 2 aromatic heterocycles. The summed E-state index contributed by atoms with van der Waals surface area (Å²) in [4.78, 5) is 8.82. The number of nitrogens with two attached hydrogens (primary N) is 1. The van der Waals surface area contributed by atoms with Gasteiger partial charge in [0.2, 0.25) is 0 Å². The Hall–Kier alpha value is -2.85. The largest absolute Gasteiger partial charge is 0.416 e. The van der Waals surface area contributed by atoms with Crippen molar-refractivity contribution in [2.24, 2.45) is 5.73 Å². The molecule has 3 N–H and O–H groups in total. The van der Waals surface area contributed by atoms with Crippen LogP contribution in [0.4, 0.5) is 23.4 Å². The Labute approximate surface area is 191 Å². The van der Waals surface area contributed by atoms with Crippen LogP contribution in [0, 0.1) is 12.7 Å². The topological polar surface area (TPSA) is 63.8 Å². The molecule has 0 aliphatic carbocycles. The number of hydrogen-bond donors (Lipinski definition) is 2. The van der Waals surface area contributed by atoms with Gasteiger partial charge >= 0.3 is 6.18 Å². The highest BCUT2D eigenvalue weighted by Crippen LogP contribution is 2.36. The van der Waals surface area contributed by atoms with E-state index in [0.29, 0.717) is 28.1 Å². The third-order valence-corrected chi connectivity index (χ3v) is 6.63. The fraction of sp³-hybridized carbons (Fsp3) is 0.182. The van der Waals surface area contributed by atoms with Gasteiger partial charge in [0.15, 0.2) is 11.6 Å². The van der Waals surface area contributed by atoms with E-state index in [1.807, 2.05) is 19.2 Å². The number of thiophene rings is 1. The second kappa shape index (κ2) is 9.33. The van der Waals surface area contributed by atoms with E-state index >= 15 is 0 Å². The van der Waals surface area contributed by atoms with Crippen molar-refractivity contribution in [1.29, 1.82) is 0 Å². The Morgan fingerprint density at radius 1 is 1.31 bits per heavy atom. The predicted octanol–water partition coefficient (Wildman–Crippen LogP) is 6.86. The van der Waals surface area contributed by atoms with Crippen molar-refractivity contribution >= 4 is 39.1 Å². The van der Waals surface area contributed by atoms with E-state index in [0.717, 1.165) is 22.4 Å². The van der Waals surface area contributed by atoms with Crippen LogP contribution >= 0.6 is 23.1 Å². The molecule has 32 heavy (non-hydrogen) atoms. The Bertz CT molecular complexity index is 1210. The summed E-state index contributed by atoms with van der Waals surface area (Å²) in [7, 11) is 0. The van der Waals surface area contributed by atoms with Crippen molar-refractivity contribution in [2.45, 2.75) is 25.3 Å². The van der Waals surface area contributed by atoms with Crippen LogP contribution in [0.1, 0.15) is 18.1 Å². The summed E-state index contributed by atoms with van der Waals surface area (Å²) in [5.74, 6) is -0.680. The molecule has 1 unspecified atom stereocenters. The summed E-state index contributed by atoms with van der Waals surface area (Å²) >= 11 is 2.77. The number of anilines is 1. The van der Waals surface area contributed by atoms with Crippen molar-refractivity contribution in [3.63, 3.8) is 0 Å². The van der Waals surface area contributed by atoms with Gasteiger partial charge in [-0.25, -0.2) is 14.4 Å². The summed E-state index contributed by atoms with van der Waals surface area (Å²) in [5, 5.41) is 5.44. The number of alkyl halides is 3. The van der Waals surface area contributed by atoms with Gasteiger partial charge < -0.3 is 11.1 Å². The lowest BCUT2D eigenvalue weighted by molar-refractivity contribution is -0.137. The molecule has 1 aromatic carbocycles. The maximum absolute atomic E-state index is 14.6. The minimum Gasteiger partial charge on any atom is -0.394 e. The summed E-state index contributed by atoms with van der Waals surface area (Å²) < 4.78 is 54.0. The predicted molar refractivity (Wildman–Crippen MR) is 125 cm³/mol. The van der Waals surface area contributed by atoms with Gasteiger partial charge in [-0.1, -0.05) is 31.0 Å². The SMILES string of the molecule is C=C/C=C(/N)SC(C)C(=C)Nc1nc(-c2ccc(C(F)(F)F)cc2F)nc2c(C)csc12. The average molecular weight is 481 g/mol. The highest BCUT2D eigenvalue weighted by atomic mass is 32.2. The molecule has 0 fully saturated rings. The van der Waals surface area contributed by atoms with Crippen molar-refractivity contribution in [1.82, 2.24) is 9.97 Å². The van der Waals surface area contributed by atoms with Crippen LogP contribution in [0.25, 0.3) is 21.6 Å². The number of nitrogens with one attached hydrogen (secondary N) is 1. The average Bonchev–Trinajstić information content (AvgIpc) is 3.08. The summed E-state index contributed by atoms with van der Waals surface area (Å²) in [6.07, 6.45) is -1.39. The van der Waals surface area contributed by atoms with Gasteiger partial charge in [-0.15, -0.1) is 11.3 Å². The summed E-state index contributed by atoms with van der Waals surface area (Å²) in [5.41, 5.74) is 6.73. The van der Waals surface area contributed by atoms with E-state index in [9.17, 15) is 17.6 Å². The number of halogens is 4. The number of thioether (sulfide) groups is 1. The quantitative estimate of drug-likeness (QED) is 0.286. The first-order valence-corrected chi connectivity index (χ1v) is 11.1. The number of allylic oxidation sites excluding steroid dienone is 2. The molecule has 0 amide bonds. The van der Waals surface area contributed by atoms with Gasteiger partial charge in [0.1, 0.15) is 5.82 Å². The van der Waals surface area contributed by atoms with E-state index in [1.54, 1.807) is 12.2 Å². The van der Waals surface area contributed by atoms with Crippen LogP contribution in [-0.2, 0) is 6.18 Å². The second-order valence-electron chi connectivity index (χ2n) is 6.90. The van der Waals surface area contributed by atoms with Crippen molar-refractivity contribution in [3.05, 3.63) is 76.6 Å². The molecule has 0 aliphatic rings. The van der Waals surface area contributed by atoms with Gasteiger partial charge in [0.25, 0.3) is 0 Å². The zero-order chi connectivity index (χ0) is 23.6. The molecule has 0 bridgehead atoms. The summed E-state index contributed by atoms with van der Waals surface area (Å²) in [6.45, 7) is 11.4. The highest BCUT2D eigenvalue weighted by Gasteiger charge is 2.31.